The van der Waals surface area contributed by atoms with E-state index in [0.717, 1.165) is 5.32 Å². The van der Waals surface area contributed by atoms with Crippen LogP contribution < -0.4 is 10.6 Å². The third-order valence-corrected chi connectivity index (χ3v) is 1.92. The monoisotopic (exact) mass is 266 g/mol. The van der Waals surface area contributed by atoms with E-state index in [1.165, 1.54) is 6.92 Å². The van der Waals surface area contributed by atoms with E-state index in [1.807, 2.05) is 5.32 Å². The Morgan fingerprint density at radius 3 is 1.76 bits per heavy atom. The molecule has 2 N–H and O–H groups in total. The molecule has 0 bridgehead atoms. The third kappa shape index (κ3) is 5.64. The third-order valence-electron chi connectivity index (χ3n) is 1.92. The number of alkyl halides is 6. The summed E-state index contributed by atoms with van der Waals surface area (Å²) < 4.78 is 72.2. The van der Waals surface area contributed by atoms with Crippen LogP contribution >= 0.6 is 0 Å². The second kappa shape index (κ2) is 5.46. The van der Waals surface area contributed by atoms with Crippen molar-refractivity contribution in [1.29, 1.82) is 0 Å². The normalized spacial score (nSPS) is 14.6. The van der Waals surface area contributed by atoms with Gasteiger partial charge in [-0.15, -0.1) is 0 Å². The Bertz CT molecular complexity index is 248. The summed E-state index contributed by atoms with van der Waals surface area (Å²) in [5, 5.41) is 2.82. The summed E-state index contributed by atoms with van der Waals surface area (Å²) in [7, 11) is 0. The summed E-state index contributed by atoms with van der Waals surface area (Å²) >= 11 is 0. The van der Waals surface area contributed by atoms with Crippen LogP contribution in [0.4, 0.5) is 31.1 Å². The highest BCUT2D eigenvalue weighted by Crippen LogP contribution is 2.32. The standard InChI is InChI=1S/C8H12F6N2O/c1-3-4(2)15-6(17)16-5(7(9,10)11)8(12,13)14/h4-5H,3H2,1-2H3,(H2,15,16,17). The number of urea groups is 1. The largest absolute Gasteiger partial charge is 0.417 e. The predicted octanol–water partition coefficient (Wildman–Crippen LogP) is 2.58. The van der Waals surface area contributed by atoms with E-state index in [0.29, 0.717) is 6.42 Å². The summed E-state index contributed by atoms with van der Waals surface area (Å²) in [5.74, 6) is 0. The summed E-state index contributed by atoms with van der Waals surface area (Å²) in [4.78, 5) is 10.9. The fourth-order valence-electron chi connectivity index (χ4n) is 0.848. The molecule has 0 radical (unpaired) electrons. The van der Waals surface area contributed by atoms with Crippen LogP contribution in [0.25, 0.3) is 0 Å². The van der Waals surface area contributed by atoms with E-state index in [1.54, 1.807) is 6.92 Å². The van der Waals surface area contributed by atoms with Gasteiger partial charge in [0.05, 0.1) is 0 Å². The SMILES string of the molecule is CCC(C)NC(=O)NC(C(F)(F)F)C(F)(F)F. The maximum atomic E-state index is 12.0. The van der Waals surface area contributed by atoms with Gasteiger partial charge >= 0.3 is 18.4 Å². The molecule has 0 fully saturated rings. The Morgan fingerprint density at radius 1 is 1.06 bits per heavy atom. The summed E-state index contributed by atoms with van der Waals surface area (Å²) in [6.07, 6.45) is -10.8. The van der Waals surface area contributed by atoms with Gasteiger partial charge in [0.15, 0.2) is 0 Å². The van der Waals surface area contributed by atoms with Crippen LogP contribution in [0, 0.1) is 0 Å². The molecular weight excluding hydrogens is 254 g/mol. The molecular formula is C8H12F6N2O. The maximum Gasteiger partial charge on any atom is 0.417 e. The van der Waals surface area contributed by atoms with Crippen molar-refractivity contribution in [2.75, 3.05) is 0 Å². The minimum Gasteiger partial charge on any atom is -0.336 e. The van der Waals surface area contributed by atoms with Crippen molar-refractivity contribution in [3.63, 3.8) is 0 Å². The van der Waals surface area contributed by atoms with Crippen LogP contribution in [0.15, 0.2) is 0 Å². The molecule has 0 spiro atoms. The van der Waals surface area contributed by atoms with Crippen molar-refractivity contribution in [1.82, 2.24) is 10.6 Å². The second-order valence-corrected chi connectivity index (χ2v) is 3.44. The number of hydrogen-bond donors (Lipinski definition) is 2. The predicted molar refractivity (Wildman–Crippen MR) is 47.3 cm³/mol. The van der Waals surface area contributed by atoms with Crippen LogP contribution in [0.2, 0.25) is 0 Å². The number of carbonyl (C=O) groups excluding carboxylic acids is 1. The average Bonchev–Trinajstić information content (AvgIpc) is 2.10. The molecule has 0 aliphatic carbocycles. The zero-order valence-corrected chi connectivity index (χ0v) is 9.04. The molecule has 3 nitrogen and oxygen atoms in total. The van der Waals surface area contributed by atoms with Gasteiger partial charge in [-0.25, -0.2) is 4.79 Å². The van der Waals surface area contributed by atoms with E-state index in [-0.39, 0.29) is 0 Å². The van der Waals surface area contributed by atoms with Gasteiger partial charge in [-0.1, -0.05) is 6.92 Å². The molecule has 1 unspecified atom stereocenters. The summed E-state index contributed by atoms with van der Waals surface area (Å²) in [6, 6.07) is -5.88. The van der Waals surface area contributed by atoms with Crippen molar-refractivity contribution >= 4 is 6.03 Å². The zero-order chi connectivity index (χ0) is 13.9. The first-order valence-corrected chi connectivity index (χ1v) is 4.69. The first-order valence-electron chi connectivity index (χ1n) is 4.69. The van der Waals surface area contributed by atoms with Crippen LogP contribution in [0.5, 0.6) is 0 Å². The van der Waals surface area contributed by atoms with Crippen molar-refractivity contribution in [3.05, 3.63) is 0 Å². The Morgan fingerprint density at radius 2 is 1.47 bits per heavy atom. The van der Waals surface area contributed by atoms with E-state index >= 15 is 0 Å². The van der Waals surface area contributed by atoms with Gasteiger partial charge in [0.25, 0.3) is 0 Å². The molecule has 9 heteroatoms. The van der Waals surface area contributed by atoms with E-state index in [2.05, 4.69) is 0 Å². The van der Waals surface area contributed by atoms with Crippen molar-refractivity contribution in [2.45, 2.75) is 44.7 Å². The van der Waals surface area contributed by atoms with Crippen molar-refractivity contribution in [3.8, 4) is 0 Å². The lowest BCUT2D eigenvalue weighted by atomic mass is 10.2. The topological polar surface area (TPSA) is 41.1 Å². The number of carbonyl (C=O) groups is 1. The Hall–Kier alpha value is -1.15. The molecule has 0 saturated carbocycles. The number of hydrogen-bond acceptors (Lipinski definition) is 1. The smallest absolute Gasteiger partial charge is 0.336 e. The molecule has 102 valence electrons. The maximum absolute atomic E-state index is 12.0. The van der Waals surface area contributed by atoms with E-state index in [4.69, 9.17) is 0 Å². The van der Waals surface area contributed by atoms with Crippen molar-refractivity contribution in [2.24, 2.45) is 0 Å². The van der Waals surface area contributed by atoms with Crippen LogP contribution in [-0.4, -0.2) is 30.5 Å². The summed E-state index contributed by atoms with van der Waals surface area (Å²) in [6.45, 7) is 3.08. The second-order valence-electron chi connectivity index (χ2n) is 3.44. The first-order chi connectivity index (χ1) is 7.48. The van der Waals surface area contributed by atoms with Gasteiger partial charge in [0.2, 0.25) is 6.04 Å². The van der Waals surface area contributed by atoms with Gasteiger partial charge in [-0.3, -0.25) is 0 Å². The minimum atomic E-state index is -5.58. The molecule has 0 aliphatic heterocycles. The highest BCUT2D eigenvalue weighted by molar-refractivity contribution is 5.74. The zero-order valence-electron chi connectivity index (χ0n) is 9.04. The molecule has 1 atom stereocenters. The lowest BCUT2D eigenvalue weighted by Gasteiger charge is -2.24. The fourth-order valence-corrected chi connectivity index (χ4v) is 0.848. The number of amides is 2. The summed E-state index contributed by atoms with van der Waals surface area (Å²) in [5.41, 5.74) is 0. The van der Waals surface area contributed by atoms with Crippen LogP contribution in [-0.2, 0) is 0 Å². The van der Waals surface area contributed by atoms with Crippen LogP contribution in [0.1, 0.15) is 20.3 Å². The molecule has 0 aliphatic rings. The number of halogens is 6. The fraction of sp³-hybridized carbons (Fsp3) is 0.875. The van der Waals surface area contributed by atoms with Crippen LogP contribution in [0.3, 0.4) is 0 Å². The first kappa shape index (κ1) is 15.9. The highest BCUT2D eigenvalue weighted by Gasteiger charge is 2.57. The van der Waals surface area contributed by atoms with E-state index < -0.39 is 30.5 Å². The molecule has 0 heterocycles. The molecule has 0 saturated heterocycles. The number of rotatable bonds is 3. The van der Waals surface area contributed by atoms with Gasteiger partial charge in [0, 0.05) is 6.04 Å². The molecule has 0 aromatic rings. The van der Waals surface area contributed by atoms with Gasteiger partial charge in [0.1, 0.15) is 0 Å². The average molecular weight is 266 g/mol. The molecule has 0 aromatic heterocycles. The minimum absolute atomic E-state index is 0.385. The van der Waals surface area contributed by atoms with Gasteiger partial charge in [-0.05, 0) is 13.3 Å². The Kier molecular flexibility index (Phi) is 5.09. The molecule has 0 rings (SSSR count). The van der Waals surface area contributed by atoms with Gasteiger partial charge in [-0.2, -0.15) is 26.3 Å². The lowest BCUT2D eigenvalue weighted by molar-refractivity contribution is -0.255. The molecule has 0 aromatic carbocycles. The van der Waals surface area contributed by atoms with Crippen molar-refractivity contribution < 1.29 is 31.1 Å². The molecule has 17 heavy (non-hydrogen) atoms. The quantitative estimate of drug-likeness (QED) is 0.757. The molecule has 2 amide bonds. The highest BCUT2D eigenvalue weighted by atomic mass is 19.4. The number of nitrogens with one attached hydrogen (secondary N) is 2. The Balaban J connectivity index is 4.63. The lowest BCUT2D eigenvalue weighted by Crippen LogP contribution is -2.57. The van der Waals surface area contributed by atoms with Gasteiger partial charge < -0.3 is 10.6 Å². The Labute approximate surface area is 93.5 Å². The van der Waals surface area contributed by atoms with E-state index in [9.17, 15) is 31.1 Å².